The predicted molar refractivity (Wildman–Crippen MR) is 105 cm³/mol. The number of amides is 1. The van der Waals surface area contributed by atoms with E-state index >= 15 is 0 Å². The minimum atomic E-state index is 0.00223. The second kappa shape index (κ2) is 8.71. The normalized spacial score (nSPS) is 16.4. The molecule has 0 saturated heterocycles. The zero-order valence-electron chi connectivity index (χ0n) is 15.1. The standard InChI is InChI=1S/C19H24N4O2S/c1-23(2)18(24)12-21-19(20-11-14-8-10-26-13-14)22-16-7-9-25-17-6-4-3-5-15(16)17/h3-6,8,10,13,16H,7,9,11-12H2,1-2H3,(H2,20,21,22). The van der Waals surface area contributed by atoms with E-state index in [0.29, 0.717) is 19.1 Å². The summed E-state index contributed by atoms with van der Waals surface area (Å²) in [6.45, 7) is 1.43. The van der Waals surface area contributed by atoms with Crippen molar-refractivity contribution in [1.82, 2.24) is 15.5 Å². The lowest BCUT2D eigenvalue weighted by Gasteiger charge is -2.28. The Morgan fingerprint density at radius 2 is 2.19 bits per heavy atom. The zero-order chi connectivity index (χ0) is 18.4. The van der Waals surface area contributed by atoms with Crippen molar-refractivity contribution in [2.75, 3.05) is 27.2 Å². The molecule has 2 aromatic rings. The highest BCUT2D eigenvalue weighted by atomic mass is 32.1. The smallest absolute Gasteiger partial charge is 0.241 e. The van der Waals surface area contributed by atoms with Gasteiger partial charge in [-0.05, 0) is 28.5 Å². The van der Waals surface area contributed by atoms with E-state index in [9.17, 15) is 4.79 Å². The topological polar surface area (TPSA) is 66.0 Å². The number of carbonyl (C=O) groups is 1. The first-order chi connectivity index (χ1) is 12.6. The fourth-order valence-electron chi connectivity index (χ4n) is 2.68. The van der Waals surface area contributed by atoms with Gasteiger partial charge in [0.05, 0.1) is 25.7 Å². The van der Waals surface area contributed by atoms with Crippen molar-refractivity contribution in [2.45, 2.75) is 19.0 Å². The molecule has 26 heavy (non-hydrogen) atoms. The minimum Gasteiger partial charge on any atom is -0.493 e. The largest absolute Gasteiger partial charge is 0.493 e. The number of fused-ring (bicyclic) bond motifs is 1. The molecule has 0 aliphatic carbocycles. The highest BCUT2D eigenvalue weighted by Gasteiger charge is 2.22. The number of nitrogens with zero attached hydrogens (tertiary/aromatic N) is 2. The summed E-state index contributed by atoms with van der Waals surface area (Å²) in [7, 11) is 3.49. The highest BCUT2D eigenvalue weighted by molar-refractivity contribution is 7.07. The van der Waals surface area contributed by atoms with Crippen LogP contribution in [0.25, 0.3) is 0 Å². The maximum atomic E-state index is 11.9. The van der Waals surface area contributed by atoms with Crippen LogP contribution in [0.4, 0.5) is 0 Å². The van der Waals surface area contributed by atoms with Gasteiger partial charge in [-0.1, -0.05) is 18.2 Å². The number of benzene rings is 1. The van der Waals surface area contributed by atoms with Gasteiger partial charge in [-0.15, -0.1) is 0 Å². The molecule has 0 radical (unpaired) electrons. The molecular formula is C19H24N4O2S. The van der Waals surface area contributed by atoms with Gasteiger partial charge in [-0.3, -0.25) is 4.79 Å². The van der Waals surface area contributed by atoms with Crippen molar-refractivity contribution in [2.24, 2.45) is 4.99 Å². The number of nitrogens with one attached hydrogen (secondary N) is 2. The lowest BCUT2D eigenvalue weighted by atomic mass is 10.0. The monoisotopic (exact) mass is 372 g/mol. The van der Waals surface area contributed by atoms with E-state index in [1.165, 1.54) is 0 Å². The molecule has 138 valence electrons. The molecule has 6 nitrogen and oxygen atoms in total. The predicted octanol–water partition coefficient (Wildman–Crippen LogP) is 2.40. The van der Waals surface area contributed by atoms with Gasteiger partial charge in [0.25, 0.3) is 0 Å². The summed E-state index contributed by atoms with van der Waals surface area (Å²) in [5, 5.41) is 10.7. The van der Waals surface area contributed by atoms with Crippen LogP contribution in [-0.4, -0.2) is 44.0 Å². The van der Waals surface area contributed by atoms with Crippen LogP contribution in [0, 0.1) is 0 Å². The fourth-order valence-corrected chi connectivity index (χ4v) is 3.34. The molecule has 1 atom stereocenters. The van der Waals surface area contributed by atoms with E-state index in [-0.39, 0.29) is 18.5 Å². The second-order valence-corrected chi connectivity index (χ2v) is 7.09. The van der Waals surface area contributed by atoms with Gasteiger partial charge in [0, 0.05) is 26.1 Å². The number of ether oxygens (including phenoxy) is 1. The molecule has 2 N–H and O–H groups in total. The third kappa shape index (κ3) is 4.76. The molecule has 0 spiro atoms. The minimum absolute atomic E-state index is 0.00223. The Kier molecular flexibility index (Phi) is 6.12. The Bertz CT molecular complexity index is 759. The molecule has 1 amide bonds. The van der Waals surface area contributed by atoms with Crippen LogP contribution in [0.3, 0.4) is 0 Å². The average Bonchev–Trinajstić information content (AvgIpc) is 3.17. The maximum absolute atomic E-state index is 11.9. The lowest BCUT2D eigenvalue weighted by Crippen LogP contribution is -2.45. The fraction of sp³-hybridized carbons (Fsp3) is 0.368. The van der Waals surface area contributed by atoms with Crippen molar-refractivity contribution in [3.63, 3.8) is 0 Å². The van der Waals surface area contributed by atoms with Crippen LogP contribution in [0.2, 0.25) is 0 Å². The number of hydrogen-bond donors (Lipinski definition) is 2. The molecule has 0 saturated carbocycles. The number of hydrogen-bond acceptors (Lipinski definition) is 4. The first kappa shape index (κ1) is 18.3. The Balaban J connectivity index is 1.72. The van der Waals surface area contributed by atoms with Gasteiger partial charge in [0.2, 0.25) is 5.91 Å². The van der Waals surface area contributed by atoms with Gasteiger partial charge >= 0.3 is 0 Å². The summed E-state index contributed by atoms with van der Waals surface area (Å²) < 4.78 is 5.72. The number of thiophene rings is 1. The summed E-state index contributed by atoms with van der Waals surface area (Å²) in [6.07, 6.45) is 0.845. The Labute approximate surface area is 157 Å². The SMILES string of the molecule is CN(C)C(=O)CNC(=NCc1ccsc1)NC1CCOc2ccccc21. The van der Waals surface area contributed by atoms with Crippen LogP contribution in [0.1, 0.15) is 23.6 Å². The van der Waals surface area contributed by atoms with Crippen molar-refractivity contribution >= 4 is 23.2 Å². The molecule has 3 rings (SSSR count). The van der Waals surface area contributed by atoms with E-state index in [1.54, 1.807) is 30.3 Å². The molecule has 1 unspecified atom stereocenters. The zero-order valence-corrected chi connectivity index (χ0v) is 15.9. The van der Waals surface area contributed by atoms with Crippen LogP contribution >= 0.6 is 11.3 Å². The lowest BCUT2D eigenvalue weighted by molar-refractivity contribution is -0.127. The maximum Gasteiger partial charge on any atom is 0.241 e. The van der Waals surface area contributed by atoms with Gasteiger partial charge in [0.15, 0.2) is 5.96 Å². The van der Waals surface area contributed by atoms with E-state index in [1.807, 2.05) is 23.6 Å². The number of guanidine groups is 1. The quantitative estimate of drug-likeness (QED) is 0.625. The van der Waals surface area contributed by atoms with Gasteiger partial charge < -0.3 is 20.3 Å². The summed E-state index contributed by atoms with van der Waals surface area (Å²) in [5.74, 6) is 1.54. The van der Waals surface area contributed by atoms with Crippen molar-refractivity contribution < 1.29 is 9.53 Å². The van der Waals surface area contributed by atoms with Crippen LogP contribution in [0.5, 0.6) is 5.75 Å². The molecule has 2 heterocycles. The third-order valence-corrected chi connectivity index (χ3v) is 4.91. The van der Waals surface area contributed by atoms with Crippen molar-refractivity contribution in [3.8, 4) is 5.75 Å². The molecule has 0 fully saturated rings. The Morgan fingerprint density at radius 1 is 1.35 bits per heavy atom. The van der Waals surface area contributed by atoms with Crippen molar-refractivity contribution in [3.05, 3.63) is 52.2 Å². The third-order valence-electron chi connectivity index (χ3n) is 4.18. The van der Waals surface area contributed by atoms with E-state index in [0.717, 1.165) is 23.3 Å². The number of likely N-dealkylation sites (N-methyl/N-ethyl adjacent to an activating group) is 1. The molecule has 1 aromatic carbocycles. The van der Waals surface area contributed by atoms with Crippen LogP contribution < -0.4 is 15.4 Å². The molecular weight excluding hydrogens is 348 g/mol. The highest BCUT2D eigenvalue weighted by Crippen LogP contribution is 2.31. The summed E-state index contributed by atoms with van der Waals surface area (Å²) in [4.78, 5) is 18.1. The molecule has 7 heteroatoms. The van der Waals surface area contributed by atoms with E-state index in [4.69, 9.17) is 4.74 Å². The van der Waals surface area contributed by atoms with E-state index in [2.05, 4.69) is 33.1 Å². The Hall–Kier alpha value is -2.54. The second-order valence-electron chi connectivity index (χ2n) is 6.31. The number of para-hydroxylation sites is 1. The Morgan fingerprint density at radius 3 is 2.96 bits per heavy atom. The van der Waals surface area contributed by atoms with Crippen LogP contribution in [0.15, 0.2) is 46.1 Å². The van der Waals surface area contributed by atoms with E-state index < -0.39 is 0 Å². The molecule has 0 bridgehead atoms. The van der Waals surface area contributed by atoms with Gasteiger partial charge in [-0.2, -0.15) is 11.3 Å². The number of rotatable bonds is 5. The molecule has 1 aliphatic rings. The molecule has 1 aliphatic heterocycles. The van der Waals surface area contributed by atoms with Gasteiger partial charge in [0.1, 0.15) is 5.75 Å². The van der Waals surface area contributed by atoms with Crippen LogP contribution in [-0.2, 0) is 11.3 Å². The van der Waals surface area contributed by atoms with Gasteiger partial charge in [-0.25, -0.2) is 4.99 Å². The summed E-state index contributed by atoms with van der Waals surface area (Å²) >= 11 is 1.65. The molecule has 1 aromatic heterocycles. The number of carbonyl (C=O) groups excluding carboxylic acids is 1. The average molecular weight is 372 g/mol. The van der Waals surface area contributed by atoms with Crippen molar-refractivity contribution in [1.29, 1.82) is 0 Å². The summed E-state index contributed by atoms with van der Waals surface area (Å²) in [5.41, 5.74) is 2.27. The first-order valence-corrected chi connectivity index (χ1v) is 9.55. The summed E-state index contributed by atoms with van der Waals surface area (Å²) in [6, 6.07) is 10.2. The first-order valence-electron chi connectivity index (χ1n) is 8.61. The number of aliphatic imine (C=N–C) groups is 1.